The molecular weight excluding hydrogens is 243 g/mol. The summed E-state index contributed by atoms with van der Waals surface area (Å²) in [5, 5.41) is 13.9. The van der Waals surface area contributed by atoms with E-state index in [0.29, 0.717) is 11.6 Å². The molecule has 1 aliphatic heterocycles. The van der Waals surface area contributed by atoms with Crippen LogP contribution in [0.15, 0.2) is 24.3 Å². The Hall–Kier alpha value is -1.88. The maximum atomic E-state index is 13.8. The lowest BCUT2D eigenvalue weighted by atomic mass is 10.1. The fraction of sp³-hybridized carbons (Fsp3) is 0.357. The minimum atomic E-state index is -0.233. The Morgan fingerprint density at radius 2 is 2.21 bits per heavy atom. The molecule has 0 radical (unpaired) electrons. The van der Waals surface area contributed by atoms with Gasteiger partial charge in [0.25, 0.3) is 0 Å². The van der Waals surface area contributed by atoms with E-state index in [9.17, 15) is 4.39 Å². The molecule has 5 heteroatoms. The molecule has 1 aromatic carbocycles. The molecule has 100 valence electrons. The highest BCUT2D eigenvalue weighted by atomic mass is 19.1. The molecule has 4 nitrogen and oxygen atoms in total. The van der Waals surface area contributed by atoms with Gasteiger partial charge in [0.1, 0.15) is 5.82 Å². The van der Waals surface area contributed by atoms with Crippen molar-refractivity contribution in [2.45, 2.75) is 19.4 Å². The van der Waals surface area contributed by atoms with Crippen molar-refractivity contribution in [1.82, 2.24) is 15.5 Å². The van der Waals surface area contributed by atoms with E-state index in [4.69, 9.17) is 0 Å². The van der Waals surface area contributed by atoms with Gasteiger partial charge in [-0.1, -0.05) is 12.1 Å². The van der Waals surface area contributed by atoms with Crippen molar-refractivity contribution in [1.29, 1.82) is 0 Å². The van der Waals surface area contributed by atoms with Gasteiger partial charge in [0, 0.05) is 23.7 Å². The van der Waals surface area contributed by atoms with Gasteiger partial charge in [-0.25, -0.2) is 4.39 Å². The van der Waals surface area contributed by atoms with Gasteiger partial charge >= 0.3 is 0 Å². The van der Waals surface area contributed by atoms with E-state index >= 15 is 0 Å². The standard InChI is InChI=1S/C14H17FN4/c1-9-13(11-4-2-3-5-12(11)15)18-19-14(9)17-10-6-7-16-8-10/h2-5,10,16H,6-8H2,1H3,(H2,17,18,19). The van der Waals surface area contributed by atoms with E-state index in [1.165, 1.54) is 6.07 Å². The van der Waals surface area contributed by atoms with E-state index in [1.807, 2.05) is 13.0 Å². The predicted octanol–water partition coefficient (Wildman–Crippen LogP) is 2.30. The summed E-state index contributed by atoms with van der Waals surface area (Å²) in [7, 11) is 0. The predicted molar refractivity (Wildman–Crippen MR) is 73.6 cm³/mol. The first-order valence-corrected chi connectivity index (χ1v) is 6.53. The summed E-state index contributed by atoms with van der Waals surface area (Å²) in [5.41, 5.74) is 2.26. The molecule has 0 aliphatic carbocycles. The molecule has 2 aromatic rings. The second-order valence-electron chi connectivity index (χ2n) is 4.89. The molecule has 0 saturated carbocycles. The number of hydrogen-bond donors (Lipinski definition) is 3. The molecule has 1 aliphatic rings. The van der Waals surface area contributed by atoms with Crippen LogP contribution in [0.25, 0.3) is 11.3 Å². The van der Waals surface area contributed by atoms with Crippen LogP contribution in [-0.4, -0.2) is 29.3 Å². The van der Waals surface area contributed by atoms with Crippen molar-refractivity contribution < 1.29 is 4.39 Å². The van der Waals surface area contributed by atoms with Crippen molar-refractivity contribution in [3.05, 3.63) is 35.6 Å². The highest BCUT2D eigenvalue weighted by molar-refractivity contribution is 5.69. The number of H-pyrrole nitrogens is 1. The van der Waals surface area contributed by atoms with Gasteiger partial charge < -0.3 is 10.6 Å². The van der Waals surface area contributed by atoms with E-state index in [-0.39, 0.29) is 5.82 Å². The SMILES string of the molecule is Cc1c(NC2CCNC2)n[nH]c1-c1ccccc1F. The Morgan fingerprint density at radius 1 is 1.37 bits per heavy atom. The van der Waals surface area contributed by atoms with Crippen LogP contribution in [0.2, 0.25) is 0 Å². The molecule has 1 atom stereocenters. The van der Waals surface area contributed by atoms with Crippen LogP contribution in [0.1, 0.15) is 12.0 Å². The summed E-state index contributed by atoms with van der Waals surface area (Å²) >= 11 is 0. The lowest BCUT2D eigenvalue weighted by molar-refractivity contribution is 0.630. The summed E-state index contributed by atoms with van der Waals surface area (Å²) in [6.45, 7) is 3.93. The summed E-state index contributed by atoms with van der Waals surface area (Å²) in [5.74, 6) is 0.579. The molecule has 1 unspecified atom stereocenters. The van der Waals surface area contributed by atoms with Gasteiger partial charge in [-0.3, -0.25) is 5.10 Å². The maximum absolute atomic E-state index is 13.8. The van der Waals surface area contributed by atoms with E-state index < -0.39 is 0 Å². The van der Waals surface area contributed by atoms with Crippen molar-refractivity contribution in [3.63, 3.8) is 0 Å². The van der Waals surface area contributed by atoms with E-state index in [0.717, 1.165) is 36.6 Å². The molecule has 3 rings (SSSR count). The molecule has 3 N–H and O–H groups in total. The van der Waals surface area contributed by atoms with Crippen molar-refractivity contribution in [2.24, 2.45) is 0 Å². The van der Waals surface area contributed by atoms with Gasteiger partial charge in [-0.15, -0.1) is 0 Å². The quantitative estimate of drug-likeness (QED) is 0.793. The Kier molecular flexibility index (Phi) is 3.21. The van der Waals surface area contributed by atoms with Crippen molar-refractivity contribution in [2.75, 3.05) is 18.4 Å². The molecule has 0 bridgehead atoms. The molecular formula is C14H17FN4. The number of benzene rings is 1. The van der Waals surface area contributed by atoms with Crippen LogP contribution in [0.3, 0.4) is 0 Å². The smallest absolute Gasteiger partial charge is 0.151 e. The van der Waals surface area contributed by atoms with Gasteiger partial charge in [0.05, 0.1) is 5.69 Å². The molecule has 0 spiro atoms. The third kappa shape index (κ3) is 2.33. The first-order valence-electron chi connectivity index (χ1n) is 6.53. The van der Waals surface area contributed by atoms with Crippen LogP contribution in [0, 0.1) is 12.7 Å². The number of aromatic amines is 1. The minimum Gasteiger partial charge on any atom is -0.364 e. The fourth-order valence-corrected chi connectivity index (χ4v) is 2.44. The second-order valence-corrected chi connectivity index (χ2v) is 4.89. The van der Waals surface area contributed by atoms with Crippen molar-refractivity contribution >= 4 is 5.82 Å². The lowest BCUT2D eigenvalue weighted by Gasteiger charge is -2.10. The monoisotopic (exact) mass is 260 g/mol. The molecule has 1 fully saturated rings. The van der Waals surface area contributed by atoms with Crippen LogP contribution in [0.4, 0.5) is 10.2 Å². The number of hydrogen-bond acceptors (Lipinski definition) is 3. The summed E-state index contributed by atoms with van der Waals surface area (Å²) in [4.78, 5) is 0. The number of anilines is 1. The lowest BCUT2D eigenvalue weighted by Crippen LogP contribution is -2.22. The summed E-state index contributed by atoms with van der Waals surface area (Å²) < 4.78 is 13.8. The number of rotatable bonds is 3. The number of nitrogens with one attached hydrogen (secondary N) is 3. The summed E-state index contributed by atoms with van der Waals surface area (Å²) in [6.07, 6.45) is 1.08. The molecule has 19 heavy (non-hydrogen) atoms. The third-order valence-corrected chi connectivity index (χ3v) is 3.55. The highest BCUT2D eigenvalue weighted by Gasteiger charge is 2.18. The number of nitrogens with zero attached hydrogens (tertiary/aromatic N) is 1. The van der Waals surface area contributed by atoms with Crippen molar-refractivity contribution in [3.8, 4) is 11.3 Å². The van der Waals surface area contributed by atoms with Crippen LogP contribution >= 0.6 is 0 Å². The number of halogens is 1. The zero-order valence-corrected chi connectivity index (χ0v) is 10.8. The van der Waals surface area contributed by atoms with E-state index in [2.05, 4.69) is 20.8 Å². The molecule has 1 saturated heterocycles. The Bertz CT molecular complexity index is 573. The Labute approximate surface area is 111 Å². The largest absolute Gasteiger partial charge is 0.364 e. The van der Waals surface area contributed by atoms with Crippen LogP contribution in [0.5, 0.6) is 0 Å². The maximum Gasteiger partial charge on any atom is 0.151 e. The first-order chi connectivity index (χ1) is 9.25. The molecule has 0 amide bonds. The van der Waals surface area contributed by atoms with Gasteiger partial charge in [0.2, 0.25) is 0 Å². The van der Waals surface area contributed by atoms with Gasteiger partial charge in [-0.05, 0) is 32.0 Å². The van der Waals surface area contributed by atoms with Crippen LogP contribution < -0.4 is 10.6 Å². The normalized spacial score (nSPS) is 18.7. The third-order valence-electron chi connectivity index (χ3n) is 3.55. The topological polar surface area (TPSA) is 52.7 Å². The van der Waals surface area contributed by atoms with E-state index in [1.54, 1.807) is 12.1 Å². The van der Waals surface area contributed by atoms with Gasteiger partial charge in [0.15, 0.2) is 5.82 Å². The first kappa shape index (κ1) is 12.2. The Morgan fingerprint density at radius 3 is 2.95 bits per heavy atom. The fourth-order valence-electron chi connectivity index (χ4n) is 2.44. The minimum absolute atomic E-state index is 0.233. The second kappa shape index (κ2) is 5.01. The number of aromatic nitrogens is 2. The average molecular weight is 260 g/mol. The average Bonchev–Trinajstić information content (AvgIpc) is 3.03. The van der Waals surface area contributed by atoms with Crippen LogP contribution in [-0.2, 0) is 0 Å². The zero-order valence-electron chi connectivity index (χ0n) is 10.8. The molecule has 1 aromatic heterocycles. The van der Waals surface area contributed by atoms with Gasteiger partial charge in [-0.2, -0.15) is 5.10 Å². The summed E-state index contributed by atoms with van der Waals surface area (Å²) in [6, 6.07) is 7.14. The zero-order chi connectivity index (χ0) is 13.2. The highest BCUT2D eigenvalue weighted by Crippen LogP contribution is 2.28. The Balaban J connectivity index is 1.88. The molecule has 2 heterocycles.